The molecular formula is C14H15N3O2S. The first kappa shape index (κ1) is 12.9. The fourth-order valence-electron chi connectivity index (χ4n) is 2.06. The summed E-state index contributed by atoms with van der Waals surface area (Å²) in [6.07, 6.45) is -0.449. The number of nitrogens with one attached hydrogen (secondary N) is 2. The Morgan fingerprint density at radius 1 is 1.50 bits per heavy atom. The zero-order valence-corrected chi connectivity index (χ0v) is 12.0. The molecule has 1 aromatic carbocycles. The second-order valence-corrected chi connectivity index (χ2v) is 5.46. The topological polar surface area (TPSA) is 63.2 Å². The SMILES string of the molecule is CC1Oc2ccc(NC(C)c3cscn3)cc2NC1=O. The van der Waals surface area contributed by atoms with Gasteiger partial charge in [-0.3, -0.25) is 4.79 Å². The lowest BCUT2D eigenvalue weighted by atomic mass is 10.2. The van der Waals surface area contributed by atoms with Crippen LogP contribution in [0.4, 0.5) is 11.4 Å². The van der Waals surface area contributed by atoms with Crippen LogP contribution in [0, 0.1) is 0 Å². The van der Waals surface area contributed by atoms with Crippen LogP contribution in [0.1, 0.15) is 25.6 Å². The molecule has 2 N–H and O–H groups in total. The molecule has 104 valence electrons. The van der Waals surface area contributed by atoms with Gasteiger partial charge in [0.05, 0.1) is 22.9 Å². The average Bonchev–Trinajstić information content (AvgIpc) is 2.94. The fraction of sp³-hybridized carbons (Fsp3) is 0.286. The Bertz CT molecular complexity index is 627. The largest absolute Gasteiger partial charge is 0.479 e. The highest BCUT2D eigenvalue weighted by molar-refractivity contribution is 7.07. The van der Waals surface area contributed by atoms with E-state index in [1.807, 2.05) is 36.0 Å². The van der Waals surface area contributed by atoms with Crippen molar-refractivity contribution in [2.45, 2.75) is 26.0 Å². The minimum absolute atomic E-state index is 0.110. The number of anilines is 2. The van der Waals surface area contributed by atoms with Gasteiger partial charge in [0, 0.05) is 11.1 Å². The summed E-state index contributed by atoms with van der Waals surface area (Å²) in [6, 6.07) is 5.79. The van der Waals surface area contributed by atoms with Crippen molar-refractivity contribution in [1.29, 1.82) is 0 Å². The van der Waals surface area contributed by atoms with E-state index < -0.39 is 6.10 Å². The van der Waals surface area contributed by atoms with E-state index >= 15 is 0 Å². The maximum atomic E-state index is 11.6. The lowest BCUT2D eigenvalue weighted by Crippen LogP contribution is -2.34. The lowest BCUT2D eigenvalue weighted by Gasteiger charge is -2.24. The van der Waals surface area contributed by atoms with Crippen LogP contribution in [0.2, 0.25) is 0 Å². The van der Waals surface area contributed by atoms with E-state index in [0.717, 1.165) is 11.4 Å². The van der Waals surface area contributed by atoms with Gasteiger partial charge in [-0.25, -0.2) is 4.98 Å². The number of amides is 1. The summed E-state index contributed by atoms with van der Waals surface area (Å²) in [5.74, 6) is 0.575. The zero-order valence-electron chi connectivity index (χ0n) is 11.2. The number of carbonyl (C=O) groups excluding carboxylic acids is 1. The van der Waals surface area contributed by atoms with Crippen molar-refractivity contribution in [3.05, 3.63) is 34.8 Å². The molecule has 0 fully saturated rings. The third kappa shape index (κ3) is 2.46. The Kier molecular flexibility index (Phi) is 3.31. The van der Waals surface area contributed by atoms with Gasteiger partial charge in [-0.05, 0) is 32.0 Å². The number of nitrogens with zero attached hydrogens (tertiary/aromatic N) is 1. The fourth-order valence-corrected chi connectivity index (χ4v) is 2.71. The summed E-state index contributed by atoms with van der Waals surface area (Å²) in [5, 5.41) is 8.21. The van der Waals surface area contributed by atoms with Crippen molar-refractivity contribution in [3.63, 3.8) is 0 Å². The van der Waals surface area contributed by atoms with Gasteiger partial charge >= 0.3 is 0 Å². The van der Waals surface area contributed by atoms with Gasteiger partial charge in [-0.2, -0.15) is 0 Å². The molecule has 3 rings (SSSR count). The van der Waals surface area contributed by atoms with Crippen LogP contribution in [0.15, 0.2) is 29.1 Å². The Balaban J connectivity index is 1.79. The molecule has 1 aliphatic rings. The number of rotatable bonds is 3. The Hall–Kier alpha value is -2.08. The van der Waals surface area contributed by atoms with E-state index in [0.29, 0.717) is 11.4 Å². The molecule has 0 saturated heterocycles. The Morgan fingerprint density at radius 3 is 3.10 bits per heavy atom. The van der Waals surface area contributed by atoms with Crippen LogP contribution in [0.5, 0.6) is 5.75 Å². The third-order valence-electron chi connectivity index (χ3n) is 3.19. The van der Waals surface area contributed by atoms with Gasteiger partial charge in [-0.15, -0.1) is 11.3 Å². The van der Waals surface area contributed by atoms with Crippen LogP contribution in [-0.2, 0) is 4.79 Å². The van der Waals surface area contributed by atoms with Gasteiger partial charge in [0.2, 0.25) is 0 Å². The number of thiazole rings is 1. The van der Waals surface area contributed by atoms with E-state index in [4.69, 9.17) is 4.74 Å². The van der Waals surface area contributed by atoms with Gasteiger partial charge < -0.3 is 15.4 Å². The molecule has 1 amide bonds. The van der Waals surface area contributed by atoms with Crippen LogP contribution >= 0.6 is 11.3 Å². The Labute approximate surface area is 121 Å². The first-order valence-corrected chi connectivity index (χ1v) is 7.34. The second kappa shape index (κ2) is 5.13. The first-order valence-electron chi connectivity index (χ1n) is 6.39. The van der Waals surface area contributed by atoms with Crippen molar-refractivity contribution in [3.8, 4) is 5.75 Å². The van der Waals surface area contributed by atoms with Gasteiger partial charge in [0.15, 0.2) is 6.10 Å². The first-order chi connectivity index (χ1) is 9.63. The molecular weight excluding hydrogens is 274 g/mol. The van der Waals surface area contributed by atoms with Crippen molar-refractivity contribution < 1.29 is 9.53 Å². The van der Waals surface area contributed by atoms with E-state index in [1.165, 1.54) is 0 Å². The van der Waals surface area contributed by atoms with Gasteiger partial charge in [0.25, 0.3) is 5.91 Å². The van der Waals surface area contributed by atoms with Crippen LogP contribution in [0.3, 0.4) is 0 Å². The van der Waals surface area contributed by atoms with E-state index in [9.17, 15) is 4.79 Å². The number of ether oxygens (including phenoxy) is 1. The molecule has 0 radical (unpaired) electrons. The monoisotopic (exact) mass is 289 g/mol. The minimum Gasteiger partial charge on any atom is -0.479 e. The maximum absolute atomic E-state index is 11.6. The summed E-state index contributed by atoms with van der Waals surface area (Å²) >= 11 is 1.57. The van der Waals surface area contributed by atoms with Crippen LogP contribution < -0.4 is 15.4 Å². The molecule has 0 bridgehead atoms. The molecule has 2 atom stereocenters. The third-order valence-corrected chi connectivity index (χ3v) is 3.79. The van der Waals surface area contributed by atoms with E-state index in [-0.39, 0.29) is 11.9 Å². The van der Waals surface area contributed by atoms with Crippen LogP contribution in [0.25, 0.3) is 0 Å². The molecule has 2 heterocycles. The van der Waals surface area contributed by atoms with Crippen LogP contribution in [-0.4, -0.2) is 17.0 Å². The lowest BCUT2D eigenvalue weighted by molar-refractivity contribution is -0.122. The molecule has 20 heavy (non-hydrogen) atoms. The Morgan fingerprint density at radius 2 is 2.35 bits per heavy atom. The zero-order chi connectivity index (χ0) is 14.1. The van der Waals surface area contributed by atoms with E-state index in [2.05, 4.69) is 15.6 Å². The quantitative estimate of drug-likeness (QED) is 0.911. The van der Waals surface area contributed by atoms with E-state index in [1.54, 1.807) is 18.3 Å². The number of aromatic nitrogens is 1. The maximum Gasteiger partial charge on any atom is 0.265 e. The van der Waals surface area contributed by atoms with Crippen molar-refractivity contribution in [2.75, 3.05) is 10.6 Å². The summed E-state index contributed by atoms with van der Waals surface area (Å²) in [4.78, 5) is 15.9. The summed E-state index contributed by atoms with van der Waals surface area (Å²) < 4.78 is 5.53. The van der Waals surface area contributed by atoms with Crippen molar-refractivity contribution in [2.24, 2.45) is 0 Å². The molecule has 6 heteroatoms. The highest BCUT2D eigenvalue weighted by Crippen LogP contribution is 2.33. The number of fused-ring (bicyclic) bond motifs is 1. The molecule has 2 aromatic rings. The number of carbonyl (C=O) groups is 1. The highest BCUT2D eigenvalue weighted by Gasteiger charge is 2.23. The van der Waals surface area contributed by atoms with Crippen molar-refractivity contribution >= 4 is 28.6 Å². The summed E-state index contributed by atoms with van der Waals surface area (Å²) in [6.45, 7) is 3.78. The number of hydrogen-bond acceptors (Lipinski definition) is 5. The molecule has 5 nitrogen and oxygen atoms in total. The predicted molar refractivity (Wildman–Crippen MR) is 79.3 cm³/mol. The number of hydrogen-bond donors (Lipinski definition) is 2. The predicted octanol–water partition coefficient (Wildman–Crippen LogP) is 3.04. The standard InChI is InChI=1S/C14H15N3O2S/c1-8(12-6-20-7-15-12)16-10-3-4-13-11(5-10)17-14(18)9(2)19-13/h3-9,16H,1-2H3,(H,17,18). The van der Waals surface area contributed by atoms with Gasteiger partial charge in [-0.1, -0.05) is 0 Å². The minimum atomic E-state index is -0.449. The molecule has 0 saturated carbocycles. The van der Waals surface area contributed by atoms with Crippen molar-refractivity contribution in [1.82, 2.24) is 4.98 Å². The molecule has 2 unspecified atom stereocenters. The van der Waals surface area contributed by atoms with Gasteiger partial charge in [0.1, 0.15) is 5.75 Å². The molecule has 0 spiro atoms. The molecule has 1 aromatic heterocycles. The smallest absolute Gasteiger partial charge is 0.265 e. The number of benzene rings is 1. The average molecular weight is 289 g/mol. The highest BCUT2D eigenvalue weighted by atomic mass is 32.1. The molecule has 1 aliphatic heterocycles. The summed E-state index contributed by atoms with van der Waals surface area (Å²) in [7, 11) is 0. The normalized spacial score (nSPS) is 18.7. The molecule has 0 aliphatic carbocycles. The second-order valence-electron chi connectivity index (χ2n) is 4.74. The summed E-state index contributed by atoms with van der Waals surface area (Å²) in [5.41, 5.74) is 4.43.